The number of aromatic nitrogens is 2. The molecule has 0 aliphatic rings. The minimum Gasteiger partial charge on any atom is -0.497 e. The lowest BCUT2D eigenvalue weighted by molar-refractivity contribution is -0.683. The fraction of sp³-hybridized carbons (Fsp3) is 0.154. The lowest BCUT2D eigenvalue weighted by Gasteiger charge is -2.01. The first-order valence-electron chi connectivity index (χ1n) is 5.37. The van der Waals surface area contributed by atoms with E-state index in [1.54, 1.807) is 54.5 Å². The van der Waals surface area contributed by atoms with Gasteiger partial charge in [0, 0.05) is 5.56 Å². The van der Waals surface area contributed by atoms with Crippen LogP contribution in [0.1, 0.15) is 10.4 Å². The summed E-state index contributed by atoms with van der Waals surface area (Å²) < 4.78 is 6.74. The number of hydrogen-bond acceptors (Lipinski definition) is 3. The van der Waals surface area contributed by atoms with Crippen LogP contribution >= 0.6 is 11.6 Å². The van der Waals surface area contributed by atoms with Gasteiger partial charge in [-0.05, 0) is 24.3 Å². The minimum absolute atomic E-state index is 0.00456. The van der Waals surface area contributed by atoms with Gasteiger partial charge in [0.1, 0.15) is 5.75 Å². The molecule has 0 saturated carbocycles. The zero-order chi connectivity index (χ0) is 13.0. The highest BCUT2D eigenvalue weighted by Crippen LogP contribution is 2.11. The largest absolute Gasteiger partial charge is 0.497 e. The number of nitrogens with zero attached hydrogens (tertiary/aromatic N) is 2. The van der Waals surface area contributed by atoms with Crippen molar-refractivity contribution in [3.63, 3.8) is 0 Å². The van der Waals surface area contributed by atoms with Crippen LogP contribution in [0.15, 0.2) is 42.9 Å². The standard InChI is InChI=1S/C13H12ClN2O2/c1-18-11-4-2-10(3-5-11)12(17)8-16-7-6-15-13(14)9-16/h2-7,9H,8H2,1H3/q+1. The molecular weight excluding hydrogens is 252 g/mol. The second-order valence-corrected chi connectivity index (χ2v) is 4.09. The van der Waals surface area contributed by atoms with Gasteiger partial charge in [0.2, 0.25) is 18.5 Å². The van der Waals surface area contributed by atoms with E-state index >= 15 is 0 Å². The Morgan fingerprint density at radius 1 is 1.39 bits per heavy atom. The Kier molecular flexibility index (Phi) is 3.89. The molecular formula is C13H12ClN2O2+. The third-order valence-corrected chi connectivity index (χ3v) is 2.66. The van der Waals surface area contributed by atoms with Crippen molar-refractivity contribution in [2.45, 2.75) is 6.54 Å². The van der Waals surface area contributed by atoms with Crippen LogP contribution in [-0.4, -0.2) is 17.9 Å². The Balaban J connectivity index is 2.11. The molecule has 0 atom stereocenters. The zero-order valence-corrected chi connectivity index (χ0v) is 10.6. The summed E-state index contributed by atoms with van der Waals surface area (Å²) in [6.45, 7) is 0.231. The molecule has 92 valence electrons. The van der Waals surface area contributed by atoms with E-state index in [2.05, 4.69) is 4.98 Å². The van der Waals surface area contributed by atoms with Gasteiger partial charge in [0.05, 0.1) is 13.3 Å². The van der Waals surface area contributed by atoms with Gasteiger partial charge in [0.15, 0.2) is 11.3 Å². The summed E-state index contributed by atoms with van der Waals surface area (Å²) in [4.78, 5) is 15.9. The van der Waals surface area contributed by atoms with Crippen molar-refractivity contribution in [2.75, 3.05) is 7.11 Å². The van der Waals surface area contributed by atoms with Crippen LogP contribution in [0.3, 0.4) is 0 Å². The zero-order valence-electron chi connectivity index (χ0n) is 9.84. The fourth-order valence-electron chi connectivity index (χ4n) is 1.54. The maximum atomic E-state index is 12.0. The number of ketones is 1. The number of halogens is 1. The van der Waals surface area contributed by atoms with Crippen molar-refractivity contribution in [1.29, 1.82) is 0 Å². The molecule has 0 unspecified atom stereocenters. The van der Waals surface area contributed by atoms with Crippen LogP contribution in [0, 0.1) is 0 Å². The van der Waals surface area contributed by atoms with Crippen molar-refractivity contribution < 1.29 is 14.1 Å². The van der Waals surface area contributed by atoms with Crippen LogP contribution < -0.4 is 9.30 Å². The summed E-state index contributed by atoms with van der Waals surface area (Å²) in [5.41, 5.74) is 0.635. The molecule has 0 aliphatic carbocycles. The predicted molar refractivity (Wildman–Crippen MR) is 66.8 cm³/mol. The maximum Gasteiger partial charge on any atom is 0.227 e. The number of rotatable bonds is 4. The quantitative estimate of drug-likeness (QED) is 0.625. The molecule has 0 spiro atoms. The first-order valence-corrected chi connectivity index (χ1v) is 5.74. The van der Waals surface area contributed by atoms with E-state index in [1.807, 2.05) is 0 Å². The predicted octanol–water partition coefficient (Wildman–Crippen LogP) is 1.91. The number of benzene rings is 1. The summed E-state index contributed by atoms with van der Waals surface area (Å²) in [6, 6.07) is 7.00. The van der Waals surface area contributed by atoms with E-state index < -0.39 is 0 Å². The van der Waals surface area contributed by atoms with Gasteiger partial charge in [-0.3, -0.25) is 4.79 Å². The van der Waals surface area contributed by atoms with Crippen LogP contribution in [0.4, 0.5) is 0 Å². The van der Waals surface area contributed by atoms with E-state index in [-0.39, 0.29) is 12.3 Å². The molecule has 0 N–H and O–H groups in total. The molecule has 1 heterocycles. The summed E-state index contributed by atoms with van der Waals surface area (Å²) in [5, 5.41) is 0.361. The van der Waals surface area contributed by atoms with Gasteiger partial charge in [0.25, 0.3) is 0 Å². The van der Waals surface area contributed by atoms with Crippen LogP contribution in [0.5, 0.6) is 5.75 Å². The van der Waals surface area contributed by atoms with Crippen LogP contribution in [0.2, 0.25) is 5.15 Å². The number of hydrogen-bond donors (Lipinski definition) is 0. The molecule has 5 heteroatoms. The average Bonchev–Trinajstić information content (AvgIpc) is 2.39. The Morgan fingerprint density at radius 2 is 2.11 bits per heavy atom. The molecule has 1 aromatic carbocycles. The third-order valence-electron chi connectivity index (χ3n) is 2.47. The maximum absolute atomic E-state index is 12.0. The van der Waals surface area contributed by atoms with Crippen molar-refractivity contribution in [3.8, 4) is 5.75 Å². The van der Waals surface area contributed by atoms with E-state index in [0.29, 0.717) is 10.7 Å². The van der Waals surface area contributed by atoms with Crippen molar-refractivity contribution >= 4 is 17.4 Å². The molecule has 1 aromatic heterocycles. The SMILES string of the molecule is COc1ccc(C(=O)C[n+]2ccnc(Cl)c2)cc1. The number of methoxy groups -OCH3 is 1. The van der Waals surface area contributed by atoms with Crippen LogP contribution in [0.25, 0.3) is 0 Å². The van der Waals surface area contributed by atoms with E-state index in [1.165, 1.54) is 0 Å². The normalized spacial score (nSPS) is 10.1. The molecule has 2 rings (SSSR count). The topological polar surface area (TPSA) is 43.1 Å². The van der Waals surface area contributed by atoms with Crippen LogP contribution in [-0.2, 0) is 6.54 Å². The average molecular weight is 264 g/mol. The third kappa shape index (κ3) is 3.05. The van der Waals surface area contributed by atoms with E-state index in [9.17, 15) is 4.79 Å². The molecule has 4 nitrogen and oxygen atoms in total. The van der Waals surface area contributed by atoms with Gasteiger partial charge >= 0.3 is 0 Å². The minimum atomic E-state index is 0.00456. The Morgan fingerprint density at radius 3 is 2.72 bits per heavy atom. The molecule has 0 radical (unpaired) electrons. The van der Waals surface area contributed by atoms with Crippen molar-refractivity contribution in [3.05, 3.63) is 53.6 Å². The molecule has 0 amide bonds. The molecule has 0 fully saturated rings. The van der Waals surface area contributed by atoms with E-state index in [4.69, 9.17) is 16.3 Å². The highest BCUT2D eigenvalue weighted by Gasteiger charge is 2.12. The highest BCUT2D eigenvalue weighted by molar-refractivity contribution is 6.29. The van der Waals surface area contributed by atoms with Gasteiger partial charge in [-0.15, -0.1) is 0 Å². The Labute approximate surface area is 110 Å². The Hall–Kier alpha value is -1.94. The molecule has 2 aromatic rings. The molecule has 0 bridgehead atoms. The molecule has 18 heavy (non-hydrogen) atoms. The smallest absolute Gasteiger partial charge is 0.227 e. The fourth-order valence-corrected chi connectivity index (χ4v) is 1.72. The lowest BCUT2D eigenvalue weighted by atomic mass is 10.1. The second kappa shape index (κ2) is 5.60. The second-order valence-electron chi connectivity index (χ2n) is 3.70. The van der Waals surface area contributed by atoms with Gasteiger partial charge < -0.3 is 4.74 Å². The summed E-state index contributed by atoms with van der Waals surface area (Å²) in [7, 11) is 1.59. The summed E-state index contributed by atoms with van der Waals surface area (Å²) in [6.07, 6.45) is 4.87. The summed E-state index contributed by atoms with van der Waals surface area (Å²) >= 11 is 5.75. The number of carbonyl (C=O) groups excluding carboxylic acids is 1. The van der Waals surface area contributed by atoms with Gasteiger partial charge in [-0.2, -0.15) is 4.57 Å². The Bertz CT molecular complexity index is 555. The number of carbonyl (C=O) groups is 1. The first kappa shape index (κ1) is 12.5. The molecule has 0 aliphatic heterocycles. The van der Waals surface area contributed by atoms with Gasteiger partial charge in [-0.1, -0.05) is 11.6 Å². The number of Topliss-reactive ketones (excluding diaryl/α,β-unsaturated/α-hetero) is 1. The van der Waals surface area contributed by atoms with Crippen molar-refractivity contribution in [1.82, 2.24) is 4.98 Å². The van der Waals surface area contributed by atoms with Gasteiger partial charge in [-0.25, -0.2) is 4.98 Å². The first-order chi connectivity index (χ1) is 8.69. The highest BCUT2D eigenvalue weighted by atomic mass is 35.5. The van der Waals surface area contributed by atoms with E-state index in [0.717, 1.165) is 5.75 Å². The van der Waals surface area contributed by atoms with Crippen molar-refractivity contribution in [2.24, 2.45) is 0 Å². The molecule has 0 saturated heterocycles. The number of ether oxygens (including phenoxy) is 1. The summed E-state index contributed by atoms with van der Waals surface area (Å²) in [5.74, 6) is 0.732. The lowest BCUT2D eigenvalue weighted by Crippen LogP contribution is -2.37. The monoisotopic (exact) mass is 263 g/mol.